The Hall–Kier alpha value is -3.36. The molecule has 0 spiro atoms. The number of benzene rings is 2. The number of amides is 2. The van der Waals surface area contributed by atoms with E-state index in [1.165, 1.54) is 7.11 Å². The SMILES string of the molecule is COC(=O)c1c(-c2c(Cl)cccc2Cl)noc1NC(=O)c1ccc2c(c1)CC(=O)N2. The first-order valence-corrected chi connectivity index (χ1v) is 9.41. The van der Waals surface area contributed by atoms with Crippen molar-refractivity contribution in [2.75, 3.05) is 17.7 Å². The number of halogens is 2. The molecule has 8 nitrogen and oxygen atoms in total. The van der Waals surface area contributed by atoms with E-state index < -0.39 is 11.9 Å². The fourth-order valence-corrected chi connectivity index (χ4v) is 3.68. The van der Waals surface area contributed by atoms with Gasteiger partial charge in [-0.05, 0) is 35.9 Å². The number of methoxy groups -OCH3 is 1. The van der Waals surface area contributed by atoms with Crippen LogP contribution in [-0.4, -0.2) is 30.1 Å². The zero-order chi connectivity index (χ0) is 21.4. The van der Waals surface area contributed by atoms with Crippen LogP contribution in [0, 0.1) is 0 Å². The van der Waals surface area contributed by atoms with Crippen LogP contribution in [0.15, 0.2) is 40.9 Å². The van der Waals surface area contributed by atoms with Gasteiger partial charge in [0.25, 0.3) is 5.91 Å². The lowest BCUT2D eigenvalue weighted by atomic mass is 10.1. The molecule has 4 rings (SSSR count). The van der Waals surface area contributed by atoms with Gasteiger partial charge in [0.15, 0.2) is 5.56 Å². The molecule has 2 amide bonds. The molecule has 0 aliphatic carbocycles. The van der Waals surface area contributed by atoms with Gasteiger partial charge in [-0.2, -0.15) is 0 Å². The zero-order valence-corrected chi connectivity index (χ0v) is 16.9. The maximum Gasteiger partial charge on any atom is 0.345 e. The van der Waals surface area contributed by atoms with Crippen LogP contribution in [0.25, 0.3) is 11.3 Å². The van der Waals surface area contributed by atoms with Crippen LogP contribution in [0.3, 0.4) is 0 Å². The van der Waals surface area contributed by atoms with Crippen molar-refractivity contribution in [1.82, 2.24) is 5.16 Å². The van der Waals surface area contributed by atoms with Gasteiger partial charge < -0.3 is 14.6 Å². The standard InChI is InChI=1S/C20H13Cl2N3O5/c1-29-20(28)16-17(15-11(21)3-2-4-12(15)22)25-30-19(16)24-18(27)9-5-6-13-10(7-9)8-14(26)23-13/h2-7H,8H2,1H3,(H,23,26)(H,24,27). The van der Waals surface area contributed by atoms with Gasteiger partial charge in [-0.1, -0.05) is 34.4 Å². The Balaban J connectivity index is 1.71. The number of hydrogen-bond acceptors (Lipinski definition) is 6. The van der Waals surface area contributed by atoms with E-state index in [9.17, 15) is 14.4 Å². The summed E-state index contributed by atoms with van der Waals surface area (Å²) in [5.41, 5.74) is 1.81. The number of nitrogens with zero attached hydrogens (tertiary/aromatic N) is 1. The van der Waals surface area contributed by atoms with Gasteiger partial charge in [-0.25, -0.2) is 4.79 Å². The average Bonchev–Trinajstić information content (AvgIpc) is 3.29. The largest absolute Gasteiger partial charge is 0.465 e. The number of carbonyl (C=O) groups excluding carboxylic acids is 3. The Bertz CT molecular complexity index is 1180. The van der Waals surface area contributed by atoms with Crippen LogP contribution < -0.4 is 10.6 Å². The number of aromatic nitrogens is 1. The molecule has 1 aliphatic heterocycles. The van der Waals surface area contributed by atoms with E-state index in [0.717, 1.165) is 0 Å². The number of nitrogens with one attached hydrogen (secondary N) is 2. The molecular formula is C20H13Cl2N3O5. The molecule has 3 aromatic rings. The fraction of sp³-hybridized carbons (Fsp3) is 0.100. The Morgan fingerprint density at radius 2 is 1.93 bits per heavy atom. The molecule has 1 aromatic heterocycles. The van der Waals surface area contributed by atoms with Crippen molar-refractivity contribution in [3.05, 3.63) is 63.1 Å². The van der Waals surface area contributed by atoms with E-state index in [4.69, 9.17) is 32.5 Å². The summed E-state index contributed by atoms with van der Waals surface area (Å²) in [4.78, 5) is 36.7. The van der Waals surface area contributed by atoms with Crippen LogP contribution >= 0.6 is 23.2 Å². The molecule has 0 saturated carbocycles. The molecule has 0 radical (unpaired) electrons. The minimum Gasteiger partial charge on any atom is -0.465 e. The lowest BCUT2D eigenvalue weighted by molar-refractivity contribution is -0.115. The van der Waals surface area contributed by atoms with Crippen molar-refractivity contribution in [3.63, 3.8) is 0 Å². The summed E-state index contributed by atoms with van der Waals surface area (Å²) < 4.78 is 10.0. The second-order valence-corrected chi connectivity index (χ2v) is 7.19. The van der Waals surface area contributed by atoms with Crippen LogP contribution in [0.2, 0.25) is 10.0 Å². The number of carbonyl (C=O) groups is 3. The summed E-state index contributed by atoms with van der Waals surface area (Å²) in [6.45, 7) is 0. The molecule has 2 aromatic carbocycles. The zero-order valence-electron chi connectivity index (χ0n) is 15.4. The van der Waals surface area contributed by atoms with Crippen molar-refractivity contribution in [3.8, 4) is 11.3 Å². The molecule has 0 bridgehead atoms. The number of fused-ring (bicyclic) bond motifs is 1. The monoisotopic (exact) mass is 445 g/mol. The van der Waals surface area contributed by atoms with E-state index in [-0.39, 0.29) is 50.6 Å². The van der Waals surface area contributed by atoms with E-state index >= 15 is 0 Å². The van der Waals surface area contributed by atoms with Gasteiger partial charge in [-0.3, -0.25) is 14.9 Å². The molecule has 0 atom stereocenters. The Morgan fingerprint density at radius 3 is 2.63 bits per heavy atom. The Kier molecular flexibility index (Phi) is 5.19. The third-order valence-electron chi connectivity index (χ3n) is 4.50. The Morgan fingerprint density at radius 1 is 1.20 bits per heavy atom. The van der Waals surface area contributed by atoms with Crippen molar-refractivity contribution in [2.24, 2.45) is 0 Å². The van der Waals surface area contributed by atoms with Crippen molar-refractivity contribution < 1.29 is 23.6 Å². The average molecular weight is 446 g/mol. The third kappa shape index (κ3) is 3.51. The maximum atomic E-state index is 12.7. The van der Waals surface area contributed by atoms with Gasteiger partial charge in [-0.15, -0.1) is 0 Å². The number of hydrogen-bond donors (Lipinski definition) is 2. The van der Waals surface area contributed by atoms with Crippen LogP contribution in [0.1, 0.15) is 26.3 Å². The number of rotatable bonds is 4. The summed E-state index contributed by atoms with van der Waals surface area (Å²) in [6.07, 6.45) is 0.182. The Labute approximate surface area is 180 Å². The molecule has 2 heterocycles. The molecule has 0 fully saturated rings. The first-order valence-electron chi connectivity index (χ1n) is 8.65. The third-order valence-corrected chi connectivity index (χ3v) is 5.13. The summed E-state index contributed by atoms with van der Waals surface area (Å²) >= 11 is 12.4. The predicted octanol–water partition coefficient (Wildman–Crippen LogP) is 4.18. The van der Waals surface area contributed by atoms with Crippen LogP contribution in [-0.2, 0) is 16.0 Å². The molecule has 0 saturated heterocycles. The van der Waals surface area contributed by atoms with Crippen molar-refractivity contribution in [2.45, 2.75) is 6.42 Å². The highest BCUT2D eigenvalue weighted by molar-refractivity contribution is 6.39. The molecule has 2 N–H and O–H groups in total. The van der Waals surface area contributed by atoms with Crippen molar-refractivity contribution >= 4 is 52.6 Å². The highest BCUT2D eigenvalue weighted by Crippen LogP contribution is 2.38. The van der Waals surface area contributed by atoms with Gasteiger partial charge in [0.1, 0.15) is 5.69 Å². The van der Waals surface area contributed by atoms with E-state index in [1.807, 2.05) is 0 Å². The lowest BCUT2D eigenvalue weighted by Gasteiger charge is -2.07. The lowest BCUT2D eigenvalue weighted by Crippen LogP contribution is -2.15. The second kappa shape index (κ2) is 7.81. The summed E-state index contributed by atoms with van der Waals surface area (Å²) in [6, 6.07) is 9.56. The number of esters is 1. The van der Waals surface area contributed by atoms with Crippen LogP contribution in [0.4, 0.5) is 11.6 Å². The minimum atomic E-state index is -0.790. The van der Waals surface area contributed by atoms with E-state index in [1.54, 1.807) is 36.4 Å². The summed E-state index contributed by atoms with van der Waals surface area (Å²) in [5.74, 6) is -1.71. The minimum absolute atomic E-state index is 0.0384. The van der Waals surface area contributed by atoms with Gasteiger partial charge in [0, 0.05) is 16.8 Å². The van der Waals surface area contributed by atoms with Crippen LogP contribution in [0.5, 0.6) is 0 Å². The van der Waals surface area contributed by atoms with Crippen molar-refractivity contribution in [1.29, 1.82) is 0 Å². The summed E-state index contributed by atoms with van der Waals surface area (Å²) in [5, 5.41) is 9.57. The first kappa shape index (κ1) is 19.9. The second-order valence-electron chi connectivity index (χ2n) is 6.37. The van der Waals surface area contributed by atoms with E-state index in [2.05, 4.69) is 15.8 Å². The highest BCUT2D eigenvalue weighted by Gasteiger charge is 2.29. The molecule has 30 heavy (non-hydrogen) atoms. The van der Waals surface area contributed by atoms with Gasteiger partial charge in [0.2, 0.25) is 11.8 Å². The normalized spacial score (nSPS) is 12.3. The molecule has 0 unspecified atom stereocenters. The first-order chi connectivity index (χ1) is 14.4. The molecule has 1 aliphatic rings. The summed E-state index contributed by atoms with van der Waals surface area (Å²) in [7, 11) is 1.18. The predicted molar refractivity (Wildman–Crippen MR) is 110 cm³/mol. The molecular weight excluding hydrogens is 433 g/mol. The maximum absolute atomic E-state index is 12.7. The highest BCUT2D eigenvalue weighted by atomic mass is 35.5. The van der Waals surface area contributed by atoms with E-state index in [0.29, 0.717) is 11.3 Å². The number of ether oxygens (including phenoxy) is 1. The van der Waals surface area contributed by atoms with Gasteiger partial charge >= 0.3 is 5.97 Å². The smallest absolute Gasteiger partial charge is 0.345 e. The fourth-order valence-electron chi connectivity index (χ4n) is 3.11. The molecule has 10 heteroatoms. The molecule has 152 valence electrons. The topological polar surface area (TPSA) is 111 Å². The van der Waals surface area contributed by atoms with Gasteiger partial charge in [0.05, 0.1) is 23.6 Å². The number of anilines is 2. The quantitative estimate of drug-likeness (QED) is 0.582.